The number of unbranched alkanes of at least 4 members (excludes halogenated alkanes) is 1. The number of carbonyl (C=O) groups is 2. The topological polar surface area (TPSA) is 67.4 Å². The molecule has 0 unspecified atom stereocenters. The number of hydrogen-bond donors (Lipinski definition) is 2. The maximum Gasteiger partial charge on any atom is 0.314 e. The molecule has 1 saturated carbocycles. The van der Waals surface area contributed by atoms with Crippen LogP contribution in [0.15, 0.2) is 0 Å². The predicted molar refractivity (Wildman–Crippen MR) is 78.5 cm³/mol. The molecule has 0 atom stereocenters. The minimum Gasteiger partial charge on any atom is -0.469 e. The van der Waals surface area contributed by atoms with Gasteiger partial charge >= 0.3 is 12.0 Å². The van der Waals surface area contributed by atoms with Gasteiger partial charge in [-0.25, -0.2) is 4.79 Å². The van der Waals surface area contributed by atoms with E-state index in [0.717, 1.165) is 31.7 Å². The van der Waals surface area contributed by atoms with Gasteiger partial charge in [0.1, 0.15) is 0 Å². The maximum absolute atomic E-state index is 11.5. The van der Waals surface area contributed by atoms with Gasteiger partial charge in [-0.15, -0.1) is 0 Å². The molecule has 0 spiro atoms. The third-order valence-electron chi connectivity index (χ3n) is 3.88. The predicted octanol–water partition coefficient (Wildman–Crippen LogP) is 2.60. The molecule has 2 amide bonds. The van der Waals surface area contributed by atoms with E-state index in [4.69, 9.17) is 0 Å². The Morgan fingerprint density at radius 3 is 2.45 bits per heavy atom. The van der Waals surface area contributed by atoms with Gasteiger partial charge in [0.05, 0.1) is 7.11 Å². The Morgan fingerprint density at radius 1 is 1.05 bits per heavy atom. The molecule has 0 aliphatic heterocycles. The van der Waals surface area contributed by atoms with Gasteiger partial charge < -0.3 is 15.4 Å². The lowest BCUT2D eigenvalue weighted by Gasteiger charge is -2.21. The molecule has 0 heterocycles. The van der Waals surface area contributed by atoms with Gasteiger partial charge in [0.15, 0.2) is 0 Å². The first-order chi connectivity index (χ1) is 9.72. The van der Waals surface area contributed by atoms with Crippen molar-refractivity contribution in [3.8, 4) is 0 Å². The van der Waals surface area contributed by atoms with Gasteiger partial charge in [-0.05, 0) is 25.2 Å². The Bertz CT molecular complexity index is 289. The average molecular weight is 284 g/mol. The summed E-state index contributed by atoms with van der Waals surface area (Å²) in [4.78, 5) is 22.4. The van der Waals surface area contributed by atoms with E-state index in [1.807, 2.05) is 0 Å². The maximum atomic E-state index is 11.5. The molecular formula is C15H28N2O3. The van der Waals surface area contributed by atoms with Crippen molar-refractivity contribution in [2.45, 2.75) is 57.8 Å². The van der Waals surface area contributed by atoms with E-state index in [1.54, 1.807) is 0 Å². The molecule has 5 heteroatoms. The van der Waals surface area contributed by atoms with Crippen molar-refractivity contribution >= 4 is 12.0 Å². The Labute approximate surface area is 121 Å². The molecule has 116 valence electrons. The lowest BCUT2D eigenvalue weighted by atomic mass is 9.87. The largest absolute Gasteiger partial charge is 0.469 e. The molecule has 1 rings (SSSR count). The molecule has 0 bridgehead atoms. The highest BCUT2D eigenvalue weighted by Gasteiger charge is 2.13. The fourth-order valence-corrected chi connectivity index (χ4v) is 2.63. The van der Waals surface area contributed by atoms with Crippen molar-refractivity contribution < 1.29 is 14.3 Å². The minimum absolute atomic E-state index is 0.0983. The molecule has 0 radical (unpaired) electrons. The summed E-state index contributed by atoms with van der Waals surface area (Å²) in [5.41, 5.74) is 0. The molecule has 0 aromatic rings. The van der Waals surface area contributed by atoms with Gasteiger partial charge in [-0.2, -0.15) is 0 Å². The standard InChI is InChI=1S/C15H28N2O3/c1-20-14(18)9-5-6-11-16-15(19)17-12-10-13-7-3-2-4-8-13/h13H,2-12H2,1H3,(H2,16,17,19). The normalized spacial score (nSPS) is 15.7. The second-order valence-corrected chi connectivity index (χ2v) is 5.51. The van der Waals surface area contributed by atoms with Crippen LogP contribution in [0.4, 0.5) is 4.79 Å². The summed E-state index contributed by atoms with van der Waals surface area (Å²) in [5, 5.41) is 5.71. The molecule has 5 nitrogen and oxygen atoms in total. The lowest BCUT2D eigenvalue weighted by molar-refractivity contribution is -0.140. The first kappa shape index (κ1) is 16.8. The van der Waals surface area contributed by atoms with Crippen molar-refractivity contribution in [1.29, 1.82) is 0 Å². The van der Waals surface area contributed by atoms with Crippen LogP contribution in [0.2, 0.25) is 0 Å². The number of urea groups is 1. The third-order valence-corrected chi connectivity index (χ3v) is 3.88. The molecule has 2 N–H and O–H groups in total. The summed E-state index contributed by atoms with van der Waals surface area (Å²) in [6.07, 6.45) is 9.75. The van der Waals surface area contributed by atoms with E-state index in [0.29, 0.717) is 13.0 Å². The van der Waals surface area contributed by atoms with E-state index in [-0.39, 0.29) is 12.0 Å². The summed E-state index contributed by atoms with van der Waals surface area (Å²) in [5.74, 6) is 0.603. The molecular weight excluding hydrogens is 256 g/mol. The molecule has 1 aliphatic rings. The van der Waals surface area contributed by atoms with Crippen molar-refractivity contribution in [3.05, 3.63) is 0 Å². The SMILES string of the molecule is COC(=O)CCCCNC(=O)NCCC1CCCCC1. The number of hydrogen-bond acceptors (Lipinski definition) is 3. The van der Waals surface area contributed by atoms with Gasteiger partial charge in [0, 0.05) is 19.5 Å². The van der Waals surface area contributed by atoms with Crippen molar-refractivity contribution in [2.75, 3.05) is 20.2 Å². The second-order valence-electron chi connectivity index (χ2n) is 5.51. The number of ether oxygens (including phenoxy) is 1. The third kappa shape index (κ3) is 8.02. The number of amides is 2. The van der Waals surface area contributed by atoms with Crippen LogP contribution in [0.25, 0.3) is 0 Å². The van der Waals surface area contributed by atoms with Crippen molar-refractivity contribution in [2.24, 2.45) is 5.92 Å². The van der Waals surface area contributed by atoms with E-state index in [9.17, 15) is 9.59 Å². The summed E-state index contributed by atoms with van der Waals surface area (Å²) < 4.78 is 4.55. The highest BCUT2D eigenvalue weighted by Crippen LogP contribution is 2.25. The second kappa shape index (κ2) is 10.5. The fourth-order valence-electron chi connectivity index (χ4n) is 2.63. The first-order valence-corrected chi connectivity index (χ1v) is 7.81. The summed E-state index contributed by atoms with van der Waals surface area (Å²) in [6.45, 7) is 1.37. The van der Waals surface area contributed by atoms with E-state index >= 15 is 0 Å². The average Bonchev–Trinajstić information content (AvgIpc) is 2.47. The zero-order valence-corrected chi connectivity index (χ0v) is 12.6. The van der Waals surface area contributed by atoms with E-state index in [2.05, 4.69) is 15.4 Å². The monoisotopic (exact) mass is 284 g/mol. The van der Waals surface area contributed by atoms with E-state index < -0.39 is 0 Å². The van der Waals surface area contributed by atoms with Crippen LogP contribution < -0.4 is 10.6 Å². The van der Waals surface area contributed by atoms with Gasteiger partial charge in [-0.3, -0.25) is 4.79 Å². The highest BCUT2D eigenvalue weighted by atomic mass is 16.5. The first-order valence-electron chi connectivity index (χ1n) is 7.81. The van der Waals surface area contributed by atoms with Crippen LogP contribution in [-0.2, 0) is 9.53 Å². The summed E-state index contributed by atoms with van der Waals surface area (Å²) in [7, 11) is 1.39. The number of methoxy groups -OCH3 is 1. The number of nitrogens with one attached hydrogen (secondary N) is 2. The molecule has 0 aromatic heterocycles. The van der Waals surface area contributed by atoms with Crippen LogP contribution in [0.3, 0.4) is 0 Å². The fraction of sp³-hybridized carbons (Fsp3) is 0.867. The lowest BCUT2D eigenvalue weighted by Crippen LogP contribution is -2.37. The molecule has 0 saturated heterocycles. The smallest absolute Gasteiger partial charge is 0.314 e. The molecule has 1 fully saturated rings. The Balaban J connectivity index is 1.91. The Hall–Kier alpha value is -1.26. The van der Waals surface area contributed by atoms with Crippen LogP contribution in [0, 0.1) is 5.92 Å². The minimum atomic E-state index is -0.193. The Kier molecular flexibility index (Phi) is 8.83. The van der Waals surface area contributed by atoms with Crippen LogP contribution in [0.5, 0.6) is 0 Å². The number of rotatable bonds is 8. The Morgan fingerprint density at radius 2 is 1.75 bits per heavy atom. The summed E-state index contributed by atoms with van der Waals surface area (Å²) >= 11 is 0. The number of carbonyl (C=O) groups excluding carboxylic acids is 2. The van der Waals surface area contributed by atoms with Gasteiger partial charge in [0.2, 0.25) is 0 Å². The summed E-state index contributed by atoms with van der Waals surface area (Å²) in [6, 6.07) is -0.0983. The van der Waals surface area contributed by atoms with E-state index in [1.165, 1.54) is 39.2 Å². The molecule has 20 heavy (non-hydrogen) atoms. The zero-order valence-electron chi connectivity index (χ0n) is 12.6. The number of esters is 1. The van der Waals surface area contributed by atoms with Gasteiger partial charge in [0.25, 0.3) is 0 Å². The highest BCUT2D eigenvalue weighted by molar-refractivity contribution is 5.73. The zero-order chi connectivity index (χ0) is 14.6. The molecule has 1 aliphatic carbocycles. The quantitative estimate of drug-likeness (QED) is 0.532. The van der Waals surface area contributed by atoms with Crippen LogP contribution in [0.1, 0.15) is 57.8 Å². The van der Waals surface area contributed by atoms with Gasteiger partial charge in [-0.1, -0.05) is 32.1 Å². The van der Waals surface area contributed by atoms with Crippen LogP contribution >= 0.6 is 0 Å². The van der Waals surface area contributed by atoms with Crippen molar-refractivity contribution in [1.82, 2.24) is 10.6 Å². The molecule has 0 aromatic carbocycles. The van der Waals surface area contributed by atoms with Crippen LogP contribution in [-0.4, -0.2) is 32.2 Å². The van der Waals surface area contributed by atoms with Crippen molar-refractivity contribution in [3.63, 3.8) is 0 Å².